The second kappa shape index (κ2) is 14.0. The van der Waals surface area contributed by atoms with E-state index in [9.17, 15) is 13.6 Å². The van der Waals surface area contributed by atoms with Crippen LogP contribution in [0.15, 0.2) is 42.9 Å². The van der Waals surface area contributed by atoms with Crippen molar-refractivity contribution in [1.29, 1.82) is 0 Å². The van der Waals surface area contributed by atoms with Crippen LogP contribution in [0.5, 0.6) is 5.75 Å². The highest BCUT2D eigenvalue weighted by Gasteiger charge is 2.20. The van der Waals surface area contributed by atoms with Crippen LogP contribution in [0.25, 0.3) is 16.9 Å². The fraction of sp³-hybridized carbons (Fsp3) is 0.240. The van der Waals surface area contributed by atoms with Gasteiger partial charge >= 0.3 is 0 Å². The summed E-state index contributed by atoms with van der Waals surface area (Å²) in [6, 6.07) is 5.60. The highest BCUT2D eigenvalue weighted by atomic mass is 35.5. The van der Waals surface area contributed by atoms with Crippen molar-refractivity contribution in [1.82, 2.24) is 19.7 Å². The van der Waals surface area contributed by atoms with Crippen LogP contribution >= 0.6 is 24.8 Å². The Morgan fingerprint density at radius 2 is 1.82 bits per heavy atom. The Balaban J connectivity index is 0.00000267. The van der Waals surface area contributed by atoms with Crippen molar-refractivity contribution >= 4 is 47.9 Å². The lowest BCUT2D eigenvalue weighted by molar-refractivity contribution is 0.0919. The van der Waals surface area contributed by atoms with Gasteiger partial charge < -0.3 is 25.8 Å². The lowest BCUT2D eigenvalue weighted by atomic mass is 10.1. The zero-order valence-corrected chi connectivity index (χ0v) is 22.6. The lowest BCUT2D eigenvalue weighted by Gasteiger charge is -2.13. The highest BCUT2D eigenvalue weighted by Crippen LogP contribution is 2.32. The van der Waals surface area contributed by atoms with Crippen molar-refractivity contribution in [3.63, 3.8) is 0 Å². The molecule has 2 heterocycles. The summed E-state index contributed by atoms with van der Waals surface area (Å²) in [6.07, 6.45) is 4.30. The van der Waals surface area contributed by atoms with Gasteiger partial charge in [0.15, 0.2) is 23.0 Å². The van der Waals surface area contributed by atoms with E-state index in [0.29, 0.717) is 19.8 Å². The molecule has 0 bridgehead atoms. The number of methoxy groups -OCH3 is 1. The third-order valence-electron chi connectivity index (χ3n) is 5.65. The molecule has 0 atom stereocenters. The minimum absolute atomic E-state index is 0. The van der Waals surface area contributed by atoms with Crippen LogP contribution in [0.4, 0.5) is 24.7 Å². The van der Waals surface area contributed by atoms with Crippen LogP contribution in [-0.2, 0) is 4.74 Å². The molecule has 4 N–H and O–H groups in total. The molecular weight excluding hydrogens is 560 g/mol. The number of halogens is 5. The molecule has 2 aromatic heterocycles. The van der Waals surface area contributed by atoms with E-state index in [1.54, 1.807) is 0 Å². The number of aromatic nitrogens is 3. The van der Waals surface area contributed by atoms with E-state index in [0.717, 1.165) is 0 Å². The third-order valence-corrected chi connectivity index (χ3v) is 5.65. The van der Waals surface area contributed by atoms with Crippen molar-refractivity contribution in [2.75, 3.05) is 38.7 Å². The van der Waals surface area contributed by atoms with Gasteiger partial charge in [-0.1, -0.05) is 0 Å². The molecule has 39 heavy (non-hydrogen) atoms. The number of hydrogen-bond acceptors (Lipinski definition) is 7. The van der Waals surface area contributed by atoms with E-state index < -0.39 is 23.4 Å². The summed E-state index contributed by atoms with van der Waals surface area (Å²) >= 11 is 0. The first kappa shape index (κ1) is 31.6. The standard InChI is InChI=1S/C25H25F3N6O3.2ClH/c1-14-15(25(35)31-9-12-37-11-7-29)3-5-17(20(14)26)33-23-24-32-13-18(34(24)10-8-30-23)16-4-6-19(36-2)22(28)21(16)27;;/h3-6,8,10,13H,7,9,11-12,29H2,1-2H3,(H,30,33)(H,31,35);2*1H. The molecule has 0 saturated heterocycles. The molecular formula is C25H27Cl2F3N6O3. The summed E-state index contributed by atoms with van der Waals surface area (Å²) in [6.45, 7) is 2.80. The number of ether oxygens (including phenoxy) is 2. The number of nitrogens with two attached hydrogens (primary N) is 1. The molecule has 4 aromatic rings. The molecule has 0 fully saturated rings. The Morgan fingerprint density at radius 1 is 1.05 bits per heavy atom. The number of carbonyl (C=O) groups is 1. The smallest absolute Gasteiger partial charge is 0.251 e. The molecule has 0 radical (unpaired) electrons. The van der Waals surface area contributed by atoms with Gasteiger partial charge in [-0.25, -0.2) is 18.7 Å². The average Bonchev–Trinajstić information content (AvgIpc) is 3.33. The molecule has 14 heteroatoms. The topological polar surface area (TPSA) is 116 Å². The first-order valence-electron chi connectivity index (χ1n) is 11.3. The Labute approximate surface area is 234 Å². The molecule has 2 aromatic carbocycles. The van der Waals surface area contributed by atoms with E-state index >= 15 is 4.39 Å². The van der Waals surface area contributed by atoms with Crippen LogP contribution in [0, 0.1) is 24.4 Å². The summed E-state index contributed by atoms with van der Waals surface area (Å²) in [5.41, 5.74) is 6.20. The number of nitrogens with one attached hydrogen (secondary N) is 2. The van der Waals surface area contributed by atoms with E-state index in [-0.39, 0.29) is 76.6 Å². The largest absolute Gasteiger partial charge is 0.494 e. The molecule has 0 unspecified atom stereocenters. The van der Waals surface area contributed by atoms with Gasteiger partial charge in [0.25, 0.3) is 5.91 Å². The van der Waals surface area contributed by atoms with Crippen molar-refractivity contribution in [2.45, 2.75) is 6.92 Å². The Kier molecular flexibility index (Phi) is 11.3. The Morgan fingerprint density at radius 3 is 2.54 bits per heavy atom. The van der Waals surface area contributed by atoms with Gasteiger partial charge in [-0.05, 0) is 36.8 Å². The van der Waals surface area contributed by atoms with E-state index in [2.05, 4.69) is 20.6 Å². The molecule has 0 aliphatic heterocycles. The van der Waals surface area contributed by atoms with Gasteiger partial charge in [-0.3, -0.25) is 9.20 Å². The number of rotatable bonds is 10. The zero-order valence-electron chi connectivity index (χ0n) is 21.0. The highest BCUT2D eigenvalue weighted by molar-refractivity contribution is 5.96. The number of fused-ring (bicyclic) bond motifs is 1. The van der Waals surface area contributed by atoms with Gasteiger partial charge in [0.1, 0.15) is 5.82 Å². The van der Waals surface area contributed by atoms with Crippen molar-refractivity contribution in [3.8, 4) is 17.0 Å². The molecule has 0 spiro atoms. The van der Waals surface area contributed by atoms with Crippen molar-refractivity contribution in [2.24, 2.45) is 5.73 Å². The fourth-order valence-electron chi connectivity index (χ4n) is 3.77. The van der Waals surface area contributed by atoms with E-state index in [4.69, 9.17) is 15.2 Å². The third kappa shape index (κ3) is 6.53. The Hall–Kier alpha value is -3.58. The lowest BCUT2D eigenvalue weighted by Crippen LogP contribution is -2.28. The number of carbonyl (C=O) groups excluding carboxylic acids is 1. The number of hydrogen-bond donors (Lipinski definition) is 3. The van der Waals surface area contributed by atoms with Gasteiger partial charge in [0.2, 0.25) is 5.82 Å². The maximum absolute atomic E-state index is 15.2. The first-order valence-corrected chi connectivity index (χ1v) is 11.3. The molecule has 1 amide bonds. The van der Waals surface area contributed by atoms with Crippen molar-refractivity contribution in [3.05, 3.63) is 71.4 Å². The van der Waals surface area contributed by atoms with Gasteiger partial charge in [0, 0.05) is 36.6 Å². The molecule has 210 valence electrons. The predicted octanol–water partition coefficient (Wildman–Crippen LogP) is 4.42. The SMILES string of the molecule is COc1ccc(-c2cnc3c(Nc4ccc(C(=O)NCCOCCN)c(C)c4F)nccn23)c(F)c1F.Cl.Cl. The molecule has 0 aliphatic rings. The number of amides is 1. The van der Waals surface area contributed by atoms with Gasteiger partial charge in [-0.15, -0.1) is 24.8 Å². The second-order valence-corrected chi connectivity index (χ2v) is 7.94. The molecule has 0 saturated carbocycles. The summed E-state index contributed by atoms with van der Waals surface area (Å²) in [5, 5.41) is 5.55. The maximum atomic E-state index is 15.2. The average molecular weight is 587 g/mol. The predicted molar refractivity (Wildman–Crippen MR) is 146 cm³/mol. The quantitative estimate of drug-likeness (QED) is 0.235. The minimum atomic E-state index is -1.12. The van der Waals surface area contributed by atoms with Crippen LogP contribution in [0.1, 0.15) is 15.9 Å². The number of benzene rings is 2. The summed E-state index contributed by atoms with van der Waals surface area (Å²) < 4.78 is 55.7. The molecule has 0 aliphatic carbocycles. The number of nitrogens with zero attached hydrogens (tertiary/aromatic N) is 3. The molecule has 9 nitrogen and oxygen atoms in total. The number of anilines is 2. The van der Waals surface area contributed by atoms with E-state index in [1.165, 1.54) is 61.3 Å². The second-order valence-electron chi connectivity index (χ2n) is 7.94. The maximum Gasteiger partial charge on any atom is 0.251 e. The van der Waals surface area contributed by atoms with Crippen LogP contribution in [0.3, 0.4) is 0 Å². The molecule has 4 rings (SSSR count). The van der Waals surface area contributed by atoms with Gasteiger partial charge in [-0.2, -0.15) is 4.39 Å². The van der Waals surface area contributed by atoms with Crippen LogP contribution in [-0.4, -0.2) is 53.7 Å². The normalized spacial score (nSPS) is 10.5. The van der Waals surface area contributed by atoms with E-state index in [1.807, 2.05) is 0 Å². The van der Waals surface area contributed by atoms with Gasteiger partial charge in [0.05, 0.1) is 37.9 Å². The summed E-state index contributed by atoms with van der Waals surface area (Å²) in [4.78, 5) is 20.9. The fourth-order valence-corrected chi connectivity index (χ4v) is 3.77. The van der Waals surface area contributed by atoms with Crippen LogP contribution in [0.2, 0.25) is 0 Å². The van der Waals surface area contributed by atoms with Crippen molar-refractivity contribution < 1.29 is 27.4 Å². The zero-order chi connectivity index (χ0) is 26.5. The minimum Gasteiger partial charge on any atom is -0.494 e. The monoisotopic (exact) mass is 586 g/mol. The first-order chi connectivity index (χ1) is 17.9. The Bertz CT molecular complexity index is 1450. The number of imidazole rings is 1. The van der Waals surface area contributed by atoms with Crippen LogP contribution < -0.4 is 21.1 Å². The summed E-state index contributed by atoms with van der Waals surface area (Å²) in [5.74, 6) is -3.34. The summed E-state index contributed by atoms with van der Waals surface area (Å²) in [7, 11) is 1.24.